The Morgan fingerprint density at radius 3 is 3.11 bits per heavy atom. The smallest absolute Gasteiger partial charge is 0.163 e. The van der Waals surface area contributed by atoms with Gasteiger partial charge in [0.25, 0.3) is 0 Å². The Morgan fingerprint density at radius 2 is 2.33 bits per heavy atom. The van der Waals surface area contributed by atoms with Gasteiger partial charge in [0.1, 0.15) is 0 Å². The molecule has 0 aliphatic carbocycles. The van der Waals surface area contributed by atoms with Gasteiger partial charge in [0, 0.05) is 12.3 Å². The van der Waals surface area contributed by atoms with E-state index in [0.29, 0.717) is 5.92 Å². The van der Waals surface area contributed by atoms with Crippen molar-refractivity contribution in [1.82, 2.24) is 0 Å². The van der Waals surface area contributed by atoms with E-state index in [4.69, 9.17) is 14.6 Å². The fourth-order valence-electron chi connectivity index (χ4n) is 1.46. The number of ether oxygens (including phenoxy) is 2. The van der Waals surface area contributed by atoms with E-state index in [1.54, 1.807) is 0 Å². The molecule has 1 N–H and O–H groups in total. The molecule has 52 valence electrons. The average Bonchev–Trinajstić information content (AvgIpc) is 2.22. The second-order valence-electron chi connectivity index (χ2n) is 2.61. The molecule has 2 heterocycles. The summed E-state index contributed by atoms with van der Waals surface area (Å²) < 4.78 is 10.2. The minimum absolute atomic E-state index is 0.0972. The normalized spacial score (nSPS) is 49.7. The summed E-state index contributed by atoms with van der Waals surface area (Å²) in [6.07, 6.45) is 1.13. The molecule has 0 aromatic rings. The Kier molecular flexibility index (Phi) is 1.22. The Bertz CT molecular complexity index is 103. The zero-order valence-corrected chi connectivity index (χ0v) is 5.12. The van der Waals surface area contributed by atoms with Crippen molar-refractivity contribution in [3.63, 3.8) is 0 Å². The predicted molar refractivity (Wildman–Crippen MR) is 29.6 cm³/mol. The van der Waals surface area contributed by atoms with E-state index in [0.717, 1.165) is 19.4 Å². The Labute approximate surface area is 53.6 Å². The highest BCUT2D eigenvalue weighted by Crippen LogP contribution is 2.33. The molecule has 2 fully saturated rings. The summed E-state index contributed by atoms with van der Waals surface area (Å²) in [6, 6.07) is 0. The highest BCUT2D eigenvalue weighted by molar-refractivity contribution is 4.76. The number of hydrogen-bond donors (Lipinski definition) is 1. The van der Waals surface area contributed by atoms with Gasteiger partial charge in [-0.2, -0.15) is 0 Å². The van der Waals surface area contributed by atoms with E-state index in [1.807, 2.05) is 0 Å². The lowest BCUT2D eigenvalue weighted by Crippen LogP contribution is -2.11. The number of aliphatic hydroxyl groups excluding tert-OH is 1. The molecule has 2 aliphatic rings. The highest BCUT2D eigenvalue weighted by atomic mass is 16.7. The van der Waals surface area contributed by atoms with Crippen molar-refractivity contribution in [3.8, 4) is 0 Å². The van der Waals surface area contributed by atoms with Gasteiger partial charge in [0.2, 0.25) is 0 Å². The molecule has 0 spiro atoms. The molecule has 3 nitrogen and oxygen atoms in total. The molecule has 0 amide bonds. The van der Waals surface area contributed by atoms with Crippen molar-refractivity contribution in [2.45, 2.75) is 25.4 Å². The molecule has 0 saturated carbocycles. The molecule has 0 aromatic carbocycles. The monoisotopic (exact) mass is 130 g/mol. The average molecular weight is 130 g/mol. The van der Waals surface area contributed by atoms with E-state index < -0.39 is 6.29 Å². The van der Waals surface area contributed by atoms with Crippen LogP contribution in [0.3, 0.4) is 0 Å². The number of aliphatic hydroxyl groups is 1. The van der Waals surface area contributed by atoms with Crippen LogP contribution in [0.15, 0.2) is 0 Å². The summed E-state index contributed by atoms with van der Waals surface area (Å²) in [6.45, 7) is 0.794. The largest absolute Gasteiger partial charge is 0.368 e. The van der Waals surface area contributed by atoms with Crippen LogP contribution in [-0.4, -0.2) is 24.3 Å². The van der Waals surface area contributed by atoms with Gasteiger partial charge in [0.15, 0.2) is 12.6 Å². The quantitative estimate of drug-likeness (QED) is 0.505. The van der Waals surface area contributed by atoms with E-state index in [-0.39, 0.29) is 6.29 Å². The first-order valence-electron chi connectivity index (χ1n) is 3.31. The fraction of sp³-hybridized carbons (Fsp3) is 1.00. The third-order valence-corrected chi connectivity index (χ3v) is 1.95. The molecule has 2 rings (SSSR count). The summed E-state index contributed by atoms with van der Waals surface area (Å²) in [5.74, 6) is 0.458. The molecule has 0 aromatic heterocycles. The zero-order valence-electron chi connectivity index (χ0n) is 5.12. The maximum absolute atomic E-state index is 8.93. The predicted octanol–water partition coefficient (Wildman–Crippen LogP) is 0.0877. The van der Waals surface area contributed by atoms with Crippen molar-refractivity contribution in [1.29, 1.82) is 0 Å². The fourth-order valence-corrected chi connectivity index (χ4v) is 1.46. The molecule has 2 saturated heterocycles. The molecule has 9 heavy (non-hydrogen) atoms. The Balaban J connectivity index is 2.02. The molecule has 0 bridgehead atoms. The number of rotatable bonds is 0. The van der Waals surface area contributed by atoms with Crippen LogP contribution in [0.25, 0.3) is 0 Å². The highest BCUT2D eigenvalue weighted by Gasteiger charge is 2.38. The SMILES string of the molecule is O[C@@H]1C[C@@H]2CCO[C@@H]2O1. The van der Waals surface area contributed by atoms with Crippen LogP contribution in [-0.2, 0) is 9.47 Å². The molecule has 2 aliphatic heterocycles. The Morgan fingerprint density at radius 1 is 1.44 bits per heavy atom. The van der Waals surface area contributed by atoms with Gasteiger partial charge >= 0.3 is 0 Å². The van der Waals surface area contributed by atoms with Gasteiger partial charge in [0.05, 0.1) is 6.61 Å². The molecule has 0 radical (unpaired) electrons. The third-order valence-electron chi connectivity index (χ3n) is 1.95. The zero-order chi connectivity index (χ0) is 6.27. The minimum atomic E-state index is -0.569. The lowest BCUT2D eigenvalue weighted by Gasteiger charge is -2.05. The standard InChI is InChI=1S/C6H10O3/c7-5-3-4-1-2-8-6(4)9-5/h4-7H,1-3H2/t4-,5-,6+/m0/s1. The van der Waals surface area contributed by atoms with Gasteiger partial charge in [-0.15, -0.1) is 0 Å². The molecule has 3 heteroatoms. The molecule has 3 atom stereocenters. The van der Waals surface area contributed by atoms with Crippen molar-refractivity contribution < 1.29 is 14.6 Å². The summed E-state index contributed by atoms with van der Waals surface area (Å²) >= 11 is 0. The first-order chi connectivity index (χ1) is 4.36. The van der Waals surface area contributed by atoms with Crippen LogP contribution in [0.4, 0.5) is 0 Å². The summed E-state index contributed by atoms with van der Waals surface area (Å²) in [5, 5.41) is 8.93. The Hall–Kier alpha value is -0.120. The van der Waals surface area contributed by atoms with Crippen LogP contribution < -0.4 is 0 Å². The van der Waals surface area contributed by atoms with E-state index in [2.05, 4.69) is 0 Å². The van der Waals surface area contributed by atoms with Gasteiger partial charge in [-0.3, -0.25) is 0 Å². The molecule has 0 unspecified atom stereocenters. The third kappa shape index (κ3) is 0.852. The van der Waals surface area contributed by atoms with E-state index in [9.17, 15) is 0 Å². The van der Waals surface area contributed by atoms with E-state index in [1.165, 1.54) is 0 Å². The number of hydrogen-bond acceptors (Lipinski definition) is 3. The lowest BCUT2D eigenvalue weighted by atomic mass is 10.1. The first-order valence-corrected chi connectivity index (χ1v) is 3.31. The number of fused-ring (bicyclic) bond motifs is 1. The van der Waals surface area contributed by atoms with Gasteiger partial charge in [-0.05, 0) is 6.42 Å². The van der Waals surface area contributed by atoms with Crippen molar-refractivity contribution >= 4 is 0 Å². The maximum atomic E-state index is 8.93. The van der Waals surface area contributed by atoms with Crippen LogP contribution in [0.5, 0.6) is 0 Å². The van der Waals surface area contributed by atoms with Gasteiger partial charge < -0.3 is 14.6 Å². The molecular formula is C6H10O3. The van der Waals surface area contributed by atoms with Gasteiger partial charge in [-0.25, -0.2) is 0 Å². The second kappa shape index (κ2) is 1.94. The summed E-state index contributed by atoms with van der Waals surface area (Å²) in [7, 11) is 0. The minimum Gasteiger partial charge on any atom is -0.368 e. The van der Waals surface area contributed by atoms with Crippen LogP contribution >= 0.6 is 0 Å². The summed E-state index contributed by atoms with van der Waals surface area (Å²) in [5.41, 5.74) is 0. The van der Waals surface area contributed by atoms with Crippen LogP contribution in [0.1, 0.15) is 12.8 Å². The van der Waals surface area contributed by atoms with Crippen molar-refractivity contribution in [2.24, 2.45) is 5.92 Å². The second-order valence-corrected chi connectivity index (χ2v) is 2.61. The maximum Gasteiger partial charge on any atom is 0.163 e. The first kappa shape index (κ1) is 5.65. The lowest BCUT2D eigenvalue weighted by molar-refractivity contribution is -0.175. The van der Waals surface area contributed by atoms with Crippen LogP contribution in [0.2, 0.25) is 0 Å². The topological polar surface area (TPSA) is 38.7 Å². The van der Waals surface area contributed by atoms with Crippen molar-refractivity contribution in [3.05, 3.63) is 0 Å². The molecular weight excluding hydrogens is 120 g/mol. The van der Waals surface area contributed by atoms with Gasteiger partial charge in [-0.1, -0.05) is 0 Å². The van der Waals surface area contributed by atoms with Crippen LogP contribution in [0, 0.1) is 5.92 Å². The summed E-state index contributed by atoms with van der Waals surface area (Å²) in [4.78, 5) is 0. The van der Waals surface area contributed by atoms with Crippen molar-refractivity contribution in [2.75, 3.05) is 6.61 Å². The van der Waals surface area contributed by atoms with E-state index >= 15 is 0 Å².